The summed E-state index contributed by atoms with van der Waals surface area (Å²) in [6.07, 6.45) is 18.1. The molecule has 1 aliphatic carbocycles. The zero-order valence-electron chi connectivity index (χ0n) is 28.3. The number of hydrogen-bond acceptors (Lipinski definition) is 6. The van der Waals surface area contributed by atoms with Gasteiger partial charge in [-0.05, 0) is 124 Å². The van der Waals surface area contributed by atoms with Crippen molar-refractivity contribution in [3.05, 3.63) is 58.4 Å². The van der Waals surface area contributed by atoms with Gasteiger partial charge in [0.15, 0.2) is 0 Å². The molecule has 8 heteroatoms. The molecule has 2 aromatic carbocycles. The number of aldehydes is 1. The van der Waals surface area contributed by atoms with Crippen LogP contribution in [0.1, 0.15) is 95.5 Å². The van der Waals surface area contributed by atoms with Crippen LogP contribution in [0.2, 0.25) is 0 Å². The fraction of sp³-hybridized carbons (Fsp3) is 0.500. The Balaban J connectivity index is 0.00000122. The average Bonchev–Trinajstić information content (AvgIpc) is 2.94. The van der Waals surface area contributed by atoms with Crippen molar-refractivity contribution in [1.29, 1.82) is 0 Å². The molecule has 0 bridgehead atoms. The summed E-state index contributed by atoms with van der Waals surface area (Å²) in [5.74, 6) is -0.251. The maximum Gasteiger partial charge on any atom is 0.290 e. The first-order valence-electron chi connectivity index (χ1n) is 14.8. The molecule has 2 aromatic rings. The maximum absolute atomic E-state index is 14.2. The molecule has 0 aromatic heterocycles. The number of halogens is 1. The highest BCUT2D eigenvalue weighted by atomic mass is 32.2. The Morgan fingerprint density at radius 1 is 1.14 bits per heavy atom. The van der Waals surface area contributed by atoms with Gasteiger partial charge in [0.05, 0.1) is 17.3 Å². The van der Waals surface area contributed by atoms with E-state index in [0.29, 0.717) is 11.8 Å². The van der Waals surface area contributed by atoms with E-state index in [2.05, 4.69) is 62.3 Å². The van der Waals surface area contributed by atoms with Crippen LogP contribution in [-0.4, -0.2) is 48.9 Å². The Kier molecular flexibility index (Phi) is 17.9. The van der Waals surface area contributed by atoms with Gasteiger partial charge in [-0.25, -0.2) is 4.39 Å². The van der Waals surface area contributed by atoms with Crippen molar-refractivity contribution in [3.63, 3.8) is 0 Å². The van der Waals surface area contributed by atoms with Crippen LogP contribution >= 0.6 is 11.9 Å². The number of nitrogens with one attached hydrogen (secondary N) is 1. The number of benzene rings is 2. The first kappa shape index (κ1) is 40.9. The molecule has 4 rings (SSSR count). The first-order valence-corrected chi connectivity index (χ1v) is 16.0. The van der Waals surface area contributed by atoms with Crippen LogP contribution < -0.4 is 9.62 Å². The number of fused-ring (bicyclic) bond motifs is 3. The average molecular weight is 629 g/mol. The summed E-state index contributed by atoms with van der Waals surface area (Å²) in [5, 5.41) is 18.2. The fourth-order valence-electron chi connectivity index (χ4n) is 5.27. The molecule has 0 saturated heterocycles. The maximum atomic E-state index is 14.2. The van der Waals surface area contributed by atoms with Gasteiger partial charge in [0.2, 0.25) is 0 Å². The summed E-state index contributed by atoms with van der Waals surface area (Å²) in [5.41, 5.74) is 9.61. The molecule has 0 saturated carbocycles. The number of nitrogens with zero attached hydrogens (tertiary/aromatic N) is 1. The van der Waals surface area contributed by atoms with Crippen LogP contribution in [0.15, 0.2) is 30.3 Å². The van der Waals surface area contributed by atoms with E-state index in [0.717, 1.165) is 42.2 Å². The van der Waals surface area contributed by atoms with E-state index in [-0.39, 0.29) is 18.3 Å². The Morgan fingerprint density at radius 2 is 1.68 bits per heavy atom. The molecule has 0 fully saturated rings. The quantitative estimate of drug-likeness (QED) is 0.175. The van der Waals surface area contributed by atoms with Gasteiger partial charge in [0, 0.05) is 18.2 Å². The van der Waals surface area contributed by atoms with E-state index in [1.54, 1.807) is 44.9 Å². The van der Waals surface area contributed by atoms with Gasteiger partial charge in [-0.15, -0.1) is 12.8 Å². The molecule has 3 N–H and O–H groups in total. The predicted octanol–water partition coefficient (Wildman–Crippen LogP) is 8.25. The van der Waals surface area contributed by atoms with E-state index in [9.17, 15) is 9.18 Å². The number of carboxylic acid groups (broad SMARTS) is 1. The largest absolute Gasteiger partial charge is 0.483 e. The SMILES string of the molecule is C#C.CC(C)(C)O.CCc1c(C2=CCC(C)(C)CC2)cc2c(c1C)N(SC)[C@@H](CC=O)c1cc(F)ccc1-2.CNC.O=CO. The summed E-state index contributed by atoms with van der Waals surface area (Å²) in [6, 6.07) is 7.23. The molecular weight excluding hydrogens is 575 g/mol. The van der Waals surface area contributed by atoms with E-state index in [1.807, 2.05) is 26.4 Å². The number of hydrogen-bond donors (Lipinski definition) is 3. The summed E-state index contributed by atoms with van der Waals surface area (Å²) in [6.45, 7) is 14.1. The van der Waals surface area contributed by atoms with Gasteiger partial charge in [-0.3, -0.25) is 4.79 Å². The monoisotopic (exact) mass is 628 g/mol. The third-order valence-electron chi connectivity index (χ3n) is 7.03. The highest BCUT2D eigenvalue weighted by Crippen LogP contribution is 2.52. The smallest absolute Gasteiger partial charge is 0.290 e. The molecule has 2 aliphatic rings. The van der Waals surface area contributed by atoms with Gasteiger partial charge in [-0.1, -0.05) is 44.9 Å². The lowest BCUT2D eigenvalue weighted by Crippen LogP contribution is -2.28. The molecule has 0 radical (unpaired) electrons. The highest BCUT2D eigenvalue weighted by molar-refractivity contribution is 8.00. The zero-order chi connectivity index (χ0) is 34.3. The second-order valence-electron chi connectivity index (χ2n) is 12.3. The van der Waals surface area contributed by atoms with Crippen LogP contribution in [0.5, 0.6) is 0 Å². The Morgan fingerprint density at radius 3 is 2.11 bits per heavy atom. The van der Waals surface area contributed by atoms with Crippen molar-refractivity contribution in [2.75, 3.05) is 24.7 Å². The van der Waals surface area contributed by atoms with Crippen LogP contribution in [0.3, 0.4) is 0 Å². The number of carbonyl (C=O) groups is 2. The lowest BCUT2D eigenvalue weighted by Gasteiger charge is -2.40. The number of anilines is 1. The van der Waals surface area contributed by atoms with Crippen LogP contribution in [-0.2, 0) is 16.0 Å². The van der Waals surface area contributed by atoms with E-state index in [1.165, 1.54) is 34.4 Å². The minimum atomic E-state index is -0.500. The van der Waals surface area contributed by atoms with Crippen LogP contribution in [0, 0.1) is 31.0 Å². The lowest BCUT2D eigenvalue weighted by atomic mass is 9.75. The molecular formula is C36H53FN2O4S. The minimum Gasteiger partial charge on any atom is -0.483 e. The second-order valence-corrected chi connectivity index (χ2v) is 13.1. The molecule has 244 valence electrons. The number of allylic oxidation sites excluding steroid dienone is 2. The third-order valence-corrected chi connectivity index (χ3v) is 7.86. The molecule has 1 aliphatic heterocycles. The van der Waals surface area contributed by atoms with Crippen molar-refractivity contribution in [3.8, 4) is 24.0 Å². The molecule has 0 amide bonds. The molecule has 0 spiro atoms. The standard InChI is InChI=1S/C27H32FNOS.C4H10O.C2H7N.C2H2.CH2O2/c1-6-20-17(2)26-24(16-22(20)18-9-12-27(3,4)13-10-18)21-8-7-19(28)15-23(21)25(11-14-30)29(26)31-5;1-4(2,3)5;1-3-2;1-2;2-1-3/h7-9,14-16,25H,6,10-13H2,1-5H3;5H,1-3H3;3H,1-2H3;1-2H;1H,(H,2,3)/t25-;;;;/m0..../s1. The zero-order valence-corrected chi connectivity index (χ0v) is 29.1. The summed E-state index contributed by atoms with van der Waals surface area (Å²) in [7, 11) is 3.75. The third kappa shape index (κ3) is 11.8. The minimum absolute atomic E-state index is 0.158. The number of rotatable bonds is 5. The number of carbonyl (C=O) groups excluding carboxylic acids is 1. The van der Waals surface area contributed by atoms with Gasteiger partial charge in [0.25, 0.3) is 6.47 Å². The van der Waals surface area contributed by atoms with Crippen LogP contribution in [0.25, 0.3) is 16.7 Å². The van der Waals surface area contributed by atoms with Gasteiger partial charge in [0.1, 0.15) is 12.1 Å². The first-order chi connectivity index (χ1) is 20.6. The molecule has 1 heterocycles. The van der Waals surface area contributed by atoms with E-state index >= 15 is 0 Å². The van der Waals surface area contributed by atoms with E-state index < -0.39 is 5.60 Å². The van der Waals surface area contributed by atoms with Gasteiger partial charge < -0.3 is 24.6 Å². The fourth-order valence-corrected chi connectivity index (χ4v) is 6.14. The Labute approximate surface area is 269 Å². The topological polar surface area (TPSA) is 89.9 Å². The van der Waals surface area contributed by atoms with Crippen molar-refractivity contribution in [1.82, 2.24) is 5.32 Å². The summed E-state index contributed by atoms with van der Waals surface area (Å²) in [4.78, 5) is 19.9. The van der Waals surface area contributed by atoms with Gasteiger partial charge >= 0.3 is 0 Å². The molecule has 6 nitrogen and oxygen atoms in total. The Bertz CT molecular complexity index is 1260. The van der Waals surface area contributed by atoms with Crippen molar-refractivity contribution < 1.29 is 24.2 Å². The Hall–Kier alpha value is -3.12. The van der Waals surface area contributed by atoms with Crippen LogP contribution in [0.4, 0.5) is 10.1 Å². The molecule has 44 heavy (non-hydrogen) atoms. The van der Waals surface area contributed by atoms with Gasteiger partial charge in [-0.2, -0.15) is 0 Å². The van der Waals surface area contributed by atoms with Crippen molar-refractivity contribution >= 4 is 36.0 Å². The lowest BCUT2D eigenvalue weighted by molar-refractivity contribution is -0.122. The normalized spacial score (nSPS) is 15.8. The highest BCUT2D eigenvalue weighted by Gasteiger charge is 2.34. The van der Waals surface area contributed by atoms with Crippen molar-refractivity contribution in [2.45, 2.75) is 92.2 Å². The summed E-state index contributed by atoms with van der Waals surface area (Å²) < 4.78 is 16.5. The summed E-state index contributed by atoms with van der Waals surface area (Å²) >= 11 is 1.62. The predicted molar refractivity (Wildman–Crippen MR) is 187 cm³/mol. The molecule has 0 unspecified atom stereocenters. The van der Waals surface area contributed by atoms with E-state index in [4.69, 9.17) is 15.0 Å². The second kappa shape index (κ2) is 19.3. The van der Waals surface area contributed by atoms with Crippen molar-refractivity contribution in [2.24, 2.45) is 5.41 Å². The number of terminal acetylenes is 1. The molecule has 1 atom stereocenters. The number of aliphatic hydroxyl groups is 1.